The molecular formula is C13H14N2O5S. The van der Waals surface area contributed by atoms with E-state index >= 15 is 0 Å². The minimum atomic E-state index is -3.67. The lowest BCUT2D eigenvalue weighted by Gasteiger charge is -1.96. The molecule has 1 amide bonds. The van der Waals surface area contributed by atoms with Crippen molar-refractivity contribution in [1.82, 2.24) is 10.3 Å². The largest absolute Gasteiger partial charge is 0.350 e. The van der Waals surface area contributed by atoms with Gasteiger partial charge in [0.05, 0.1) is 11.8 Å². The first kappa shape index (κ1) is 15.2. The van der Waals surface area contributed by atoms with Gasteiger partial charge in [0.25, 0.3) is 16.0 Å². The molecule has 0 aliphatic carbocycles. The van der Waals surface area contributed by atoms with Gasteiger partial charge in [-0.05, 0) is 6.07 Å². The lowest BCUT2D eigenvalue weighted by molar-refractivity contribution is 0.0952. The van der Waals surface area contributed by atoms with Gasteiger partial charge in [0, 0.05) is 23.9 Å². The Bertz CT molecular complexity index is 799. The van der Waals surface area contributed by atoms with Crippen LogP contribution in [0.25, 0.3) is 10.9 Å². The number of benzene rings is 1. The molecule has 0 fully saturated rings. The van der Waals surface area contributed by atoms with Gasteiger partial charge in [-0.2, -0.15) is 8.42 Å². The van der Waals surface area contributed by atoms with Crippen LogP contribution in [0, 0.1) is 0 Å². The molecular weight excluding hydrogens is 296 g/mol. The van der Waals surface area contributed by atoms with Crippen LogP contribution in [-0.4, -0.2) is 42.4 Å². The van der Waals surface area contributed by atoms with Gasteiger partial charge < -0.3 is 10.3 Å². The van der Waals surface area contributed by atoms with Crippen LogP contribution in [-0.2, 0) is 10.1 Å². The number of ketones is 1. The number of H-pyrrole nitrogens is 1. The molecule has 0 saturated carbocycles. The number of hydrogen-bond acceptors (Lipinski definition) is 4. The molecule has 0 saturated heterocycles. The zero-order valence-corrected chi connectivity index (χ0v) is 12.0. The van der Waals surface area contributed by atoms with Crippen molar-refractivity contribution in [2.75, 3.05) is 12.8 Å². The predicted molar refractivity (Wildman–Crippen MR) is 77.1 cm³/mol. The summed E-state index contributed by atoms with van der Waals surface area (Å²) in [5, 5.41) is 3.53. The number of carbonyl (C=O) groups excluding carboxylic acids is 2. The molecule has 112 valence electrons. The molecule has 0 spiro atoms. The minimum Gasteiger partial charge on any atom is -0.350 e. The van der Waals surface area contributed by atoms with Crippen LogP contribution < -0.4 is 5.32 Å². The second kappa shape index (κ2) is 5.66. The first-order valence-corrected chi connectivity index (χ1v) is 7.97. The summed E-state index contributed by atoms with van der Waals surface area (Å²) in [7, 11) is -3.67. The van der Waals surface area contributed by atoms with E-state index in [0.29, 0.717) is 30.5 Å². The van der Waals surface area contributed by atoms with Crippen molar-refractivity contribution in [3.63, 3.8) is 0 Å². The summed E-state index contributed by atoms with van der Waals surface area (Å²) in [5.74, 6) is -0.178. The highest BCUT2D eigenvalue weighted by atomic mass is 32.2. The van der Waals surface area contributed by atoms with E-state index in [9.17, 15) is 18.0 Å². The highest BCUT2D eigenvalue weighted by Gasteiger charge is 2.25. The predicted octanol–water partition coefficient (Wildman–Crippen LogP) is 0.988. The molecule has 0 atom stereocenters. The van der Waals surface area contributed by atoms with Gasteiger partial charge in [0.1, 0.15) is 5.69 Å². The van der Waals surface area contributed by atoms with Gasteiger partial charge in [-0.1, -0.05) is 18.2 Å². The number of hydrogen-bond donors (Lipinski definition) is 3. The summed E-state index contributed by atoms with van der Waals surface area (Å²) < 4.78 is 25.9. The number of Topliss-reactive ketones (excluding diaryl/α,β-unsaturated/α-hetero) is 1. The Morgan fingerprint density at radius 1 is 1.19 bits per heavy atom. The molecule has 21 heavy (non-hydrogen) atoms. The van der Waals surface area contributed by atoms with Crippen LogP contribution in [0.1, 0.15) is 27.3 Å². The third kappa shape index (κ3) is 3.67. The fraction of sp³-hybridized carbons (Fsp3) is 0.231. The molecule has 3 rings (SSSR count). The van der Waals surface area contributed by atoms with Crippen LogP contribution in [0.15, 0.2) is 24.3 Å². The molecule has 0 radical (unpaired) electrons. The Morgan fingerprint density at radius 2 is 1.81 bits per heavy atom. The van der Waals surface area contributed by atoms with Crippen molar-refractivity contribution in [2.24, 2.45) is 0 Å². The number of fused-ring (bicyclic) bond motifs is 3. The van der Waals surface area contributed by atoms with E-state index in [1.807, 2.05) is 24.3 Å². The standard InChI is InChI=1S/C12H10N2O2.CH4O3S/c15-9-5-6-13-12(16)11-10(9)7-3-1-2-4-8(7)14-11;1-5(2,3)4/h1-4,14H,5-6H2,(H,13,16);1H3,(H,2,3,4). The number of aromatic nitrogens is 1. The van der Waals surface area contributed by atoms with Crippen LogP contribution in [0.5, 0.6) is 0 Å². The summed E-state index contributed by atoms with van der Waals surface area (Å²) in [5.41, 5.74) is 1.76. The maximum Gasteiger partial charge on any atom is 0.268 e. The third-order valence-electron chi connectivity index (χ3n) is 2.85. The number of amides is 1. The van der Waals surface area contributed by atoms with E-state index in [-0.39, 0.29) is 11.7 Å². The number of rotatable bonds is 0. The Labute approximate surface area is 121 Å². The van der Waals surface area contributed by atoms with Crippen molar-refractivity contribution in [3.05, 3.63) is 35.5 Å². The summed E-state index contributed by atoms with van der Waals surface area (Å²) in [6.07, 6.45) is 1.08. The lowest BCUT2D eigenvalue weighted by Crippen LogP contribution is -2.23. The molecule has 2 heterocycles. The third-order valence-corrected chi connectivity index (χ3v) is 2.85. The molecule has 1 aliphatic heterocycles. The Balaban J connectivity index is 0.000000282. The molecule has 2 aromatic rings. The number of aromatic amines is 1. The van der Waals surface area contributed by atoms with Crippen LogP contribution in [0.2, 0.25) is 0 Å². The molecule has 0 bridgehead atoms. The zero-order valence-electron chi connectivity index (χ0n) is 11.2. The molecule has 8 heteroatoms. The first-order chi connectivity index (χ1) is 9.77. The van der Waals surface area contributed by atoms with E-state index in [0.717, 1.165) is 10.9 Å². The Hall–Kier alpha value is -2.19. The highest BCUT2D eigenvalue weighted by molar-refractivity contribution is 7.85. The Morgan fingerprint density at radius 3 is 2.48 bits per heavy atom. The maximum absolute atomic E-state index is 11.9. The van der Waals surface area contributed by atoms with Crippen molar-refractivity contribution in [3.8, 4) is 0 Å². The molecule has 1 aromatic heterocycles. The van der Waals surface area contributed by atoms with Crippen molar-refractivity contribution in [2.45, 2.75) is 6.42 Å². The second-order valence-electron chi connectivity index (χ2n) is 4.58. The van der Waals surface area contributed by atoms with E-state index in [1.165, 1.54) is 0 Å². The van der Waals surface area contributed by atoms with Gasteiger partial charge in [0.15, 0.2) is 5.78 Å². The van der Waals surface area contributed by atoms with Gasteiger partial charge >= 0.3 is 0 Å². The average molecular weight is 310 g/mol. The van der Waals surface area contributed by atoms with E-state index in [2.05, 4.69) is 10.3 Å². The van der Waals surface area contributed by atoms with E-state index in [4.69, 9.17) is 4.55 Å². The van der Waals surface area contributed by atoms with E-state index < -0.39 is 10.1 Å². The van der Waals surface area contributed by atoms with Gasteiger partial charge in [-0.15, -0.1) is 0 Å². The average Bonchev–Trinajstić information content (AvgIpc) is 2.69. The normalized spacial score (nSPS) is 14.8. The maximum atomic E-state index is 11.9. The summed E-state index contributed by atoms with van der Waals surface area (Å²) in [6.45, 7) is 0.411. The number of para-hydroxylation sites is 1. The Kier molecular flexibility index (Phi) is 4.10. The second-order valence-corrected chi connectivity index (χ2v) is 6.05. The topological polar surface area (TPSA) is 116 Å². The molecule has 0 unspecified atom stereocenters. The fourth-order valence-corrected chi connectivity index (χ4v) is 2.10. The number of carbonyl (C=O) groups is 2. The summed E-state index contributed by atoms with van der Waals surface area (Å²) >= 11 is 0. The van der Waals surface area contributed by atoms with Crippen molar-refractivity contribution in [1.29, 1.82) is 0 Å². The first-order valence-electron chi connectivity index (χ1n) is 6.12. The zero-order chi connectivity index (χ0) is 15.6. The fourth-order valence-electron chi connectivity index (χ4n) is 2.10. The van der Waals surface area contributed by atoms with Crippen LogP contribution >= 0.6 is 0 Å². The van der Waals surface area contributed by atoms with Crippen molar-refractivity contribution >= 4 is 32.7 Å². The minimum absolute atomic E-state index is 0.0193. The van der Waals surface area contributed by atoms with Gasteiger partial charge in [-0.3, -0.25) is 14.1 Å². The molecule has 1 aliphatic rings. The summed E-state index contributed by atoms with van der Waals surface area (Å²) in [6, 6.07) is 7.47. The van der Waals surface area contributed by atoms with Crippen molar-refractivity contribution < 1.29 is 22.6 Å². The van der Waals surface area contributed by atoms with Gasteiger partial charge in [-0.25, -0.2) is 0 Å². The monoisotopic (exact) mass is 310 g/mol. The smallest absolute Gasteiger partial charge is 0.268 e. The van der Waals surface area contributed by atoms with Gasteiger partial charge in [0.2, 0.25) is 0 Å². The van der Waals surface area contributed by atoms with E-state index in [1.54, 1.807) is 0 Å². The highest BCUT2D eigenvalue weighted by Crippen LogP contribution is 2.24. The van der Waals surface area contributed by atoms with Crippen LogP contribution in [0.3, 0.4) is 0 Å². The molecule has 7 nitrogen and oxygen atoms in total. The van der Waals surface area contributed by atoms with Crippen LogP contribution in [0.4, 0.5) is 0 Å². The molecule has 3 N–H and O–H groups in total. The number of nitrogens with one attached hydrogen (secondary N) is 2. The SMILES string of the molecule is CS(=O)(=O)O.O=C1NCCC(=O)c2c1[nH]c1ccccc21. The lowest BCUT2D eigenvalue weighted by atomic mass is 10.1. The quantitative estimate of drug-likeness (QED) is 0.627. The summed E-state index contributed by atoms with van der Waals surface area (Å²) in [4.78, 5) is 26.6. The molecule has 1 aromatic carbocycles.